The molecule has 5 heteroatoms. The summed E-state index contributed by atoms with van der Waals surface area (Å²) < 4.78 is 1.88. The van der Waals surface area contributed by atoms with Crippen LogP contribution in [-0.2, 0) is 6.42 Å². The molecule has 1 atom stereocenters. The number of rotatable bonds is 3. The molecule has 0 bridgehead atoms. The normalized spacial score (nSPS) is 18.9. The first-order valence-corrected chi connectivity index (χ1v) is 6.79. The third kappa shape index (κ3) is 2.51. The van der Waals surface area contributed by atoms with E-state index in [0.29, 0.717) is 5.92 Å². The zero-order valence-corrected chi connectivity index (χ0v) is 11.4. The molecular formula is C14H19N5. The predicted octanol–water partition coefficient (Wildman–Crippen LogP) is 1.43. The SMILES string of the molecule is Cc1ccc(-n2nnnc2CC2CCNC2)c(C)c1. The van der Waals surface area contributed by atoms with Gasteiger partial charge in [0.15, 0.2) is 5.82 Å². The molecule has 3 rings (SSSR count). The van der Waals surface area contributed by atoms with Gasteiger partial charge in [0.2, 0.25) is 0 Å². The van der Waals surface area contributed by atoms with Crippen molar-refractivity contribution in [3.8, 4) is 5.69 Å². The lowest BCUT2D eigenvalue weighted by molar-refractivity contribution is 0.551. The Bertz CT molecular complexity index is 569. The summed E-state index contributed by atoms with van der Waals surface area (Å²) >= 11 is 0. The van der Waals surface area contributed by atoms with Gasteiger partial charge in [-0.05, 0) is 61.3 Å². The fraction of sp³-hybridized carbons (Fsp3) is 0.500. The molecule has 1 aliphatic heterocycles. The van der Waals surface area contributed by atoms with Crippen LogP contribution in [0.3, 0.4) is 0 Å². The Morgan fingerprint density at radius 3 is 3.00 bits per heavy atom. The molecule has 1 fully saturated rings. The number of aryl methyl sites for hydroxylation is 2. The Balaban J connectivity index is 1.90. The molecule has 0 spiro atoms. The van der Waals surface area contributed by atoms with Crippen molar-refractivity contribution in [3.05, 3.63) is 35.2 Å². The summed E-state index contributed by atoms with van der Waals surface area (Å²) in [7, 11) is 0. The quantitative estimate of drug-likeness (QED) is 0.903. The average Bonchev–Trinajstić information content (AvgIpc) is 3.02. The standard InChI is InChI=1S/C14H19N5/c1-10-3-4-13(11(2)7-10)19-14(16-17-18-19)8-12-5-6-15-9-12/h3-4,7,12,15H,5-6,8-9H2,1-2H3. The van der Waals surface area contributed by atoms with E-state index in [1.54, 1.807) is 0 Å². The van der Waals surface area contributed by atoms with Crippen LogP contribution in [0.4, 0.5) is 0 Å². The molecule has 0 amide bonds. The van der Waals surface area contributed by atoms with Crippen LogP contribution in [0.5, 0.6) is 0 Å². The van der Waals surface area contributed by atoms with Crippen LogP contribution in [-0.4, -0.2) is 33.3 Å². The minimum absolute atomic E-state index is 0.649. The Morgan fingerprint density at radius 1 is 1.37 bits per heavy atom. The number of aromatic nitrogens is 4. The highest BCUT2D eigenvalue weighted by Gasteiger charge is 2.19. The highest BCUT2D eigenvalue weighted by Crippen LogP contribution is 2.19. The van der Waals surface area contributed by atoms with Crippen molar-refractivity contribution in [1.82, 2.24) is 25.5 Å². The molecule has 100 valence electrons. The topological polar surface area (TPSA) is 55.6 Å². The summed E-state index contributed by atoms with van der Waals surface area (Å²) in [6, 6.07) is 6.36. The van der Waals surface area contributed by atoms with Gasteiger partial charge in [-0.3, -0.25) is 0 Å². The fourth-order valence-corrected chi connectivity index (χ4v) is 2.71. The number of benzene rings is 1. The van der Waals surface area contributed by atoms with E-state index < -0.39 is 0 Å². The molecule has 2 heterocycles. The lowest BCUT2D eigenvalue weighted by Crippen LogP contribution is -2.14. The molecular weight excluding hydrogens is 238 g/mol. The van der Waals surface area contributed by atoms with Crippen LogP contribution in [0.1, 0.15) is 23.4 Å². The zero-order chi connectivity index (χ0) is 13.2. The van der Waals surface area contributed by atoms with Gasteiger partial charge >= 0.3 is 0 Å². The summed E-state index contributed by atoms with van der Waals surface area (Å²) in [5.41, 5.74) is 3.55. The van der Waals surface area contributed by atoms with Gasteiger partial charge in [-0.1, -0.05) is 17.7 Å². The van der Waals surface area contributed by atoms with Crippen molar-refractivity contribution in [2.45, 2.75) is 26.7 Å². The van der Waals surface area contributed by atoms with Crippen molar-refractivity contribution >= 4 is 0 Å². The highest BCUT2D eigenvalue weighted by atomic mass is 15.5. The number of nitrogens with zero attached hydrogens (tertiary/aromatic N) is 4. The number of hydrogen-bond acceptors (Lipinski definition) is 4. The van der Waals surface area contributed by atoms with Gasteiger partial charge in [-0.15, -0.1) is 5.10 Å². The number of tetrazole rings is 1. The summed E-state index contributed by atoms with van der Waals surface area (Å²) in [4.78, 5) is 0. The largest absolute Gasteiger partial charge is 0.316 e. The smallest absolute Gasteiger partial charge is 0.157 e. The minimum Gasteiger partial charge on any atom is -0.316 e. The van der Waals surface area contributed by atoms with Crippen molar-refractivity contribution in [2.75, 3.05) is 13.1 Å². The van der Waals surface area contributed by atoms with Crippen molar-refractivity contribution < 1.29 is 0 Å². The van der Waals surface area contributed by atoms with E-state index >= 15 is 0 Å². The number of hydrogen-bond donors (Lipinski definition) is 1. The molecule has 1 saturated heterocycles. The molecule has 1 aliphatic rings. The van der Waals surface area contributed by atoms with Crippen molar-refractivity contribution in [1.29, 1.82) is 0 Å². The number of nitrogens with one attached hydrogen (secondary N) is 1. The third-order valence-electron chi connectivity index (χ3n) is 3.75. The highest BCUT2D eigenvalue weighted by molar-refractivity contribution is 5.42. The Labute approximate surface area is 113 Å². The molecule has 2 aromatic rings. The van der Waals surface area contributed by atoms with Gasteiger partial charge in [-0.2, -0.15) is 4.68 Å². The second kappa shape index (κ2) is 5.09. The van der Waals surface area contributed by atoms with E-state index in [1.807, 2.05) is 4.68 Å². The van der Waals surface area contributed by atoms with Crippen LogP contribution in [0.15, 0.2) is 18.2 Å². The molecule has 0 radical (unpaired) electrons. The lowest BCUT2D eigenvalue weighted by atomic mass is 10.0. The first-order chi connectivity index (χ1) is 9.24. The maximum atomic E-state index is 4.19. The molecule has 19 heavy (non-hydrogen) atoms. The maximum absolute atomic E-state index is 4.19. The van der Waals surface area contributed by atoms with Gasteiger partial charge in [0, 0.05) is 6.42 Å². The Hall–Kier alpha value is -1.75. The van der Waals surface area contributed by atoms with Gasteiger partial charge in [0.1, 0.15) is 0 Å². The van der Waals surface area contributed by atoms with Crippen LogP contribution in [0.2, 0.25) is 0 Å². The zero-order valence-electron chi connectivity index (χ0n) is 11.4. The van der Waals surface area contributed by atoms with Crippen molar-refractivity contribution in [2.24, 2.45) is 5.92 Å². The second-order valence-corrected chi connectivity index (χ2v) is 5.36. The molecule has 5 nitrogen and oxygen atoms in total. The van der Waals surface area contributed by atoms with E-state index in [4.69, 9.17) is 0 Å². The predicted molar refractivity (Wildman–Crippen MR) is 73.3 cm³/mol. The molecule has 0 aliphatic carbocycles. The van der Waals surface area contributed by atoms with E-state index in [-0.39, 0.29) is 0 Å². The lowest BCUT2D eigenvalue weighted by Gasteiger charge is -2.11. The van der Waals surface area contributed by atoms with Crippen LogP contribution in [0, 0.1) is 19.8 Å². The summed E-state index contributed by atoms with van der Waals surface area (Å²) in [6.07, 6.45) is 2.15. The van der Waals surface area contributed by atoms with E-state index in [0.717, 1.165) is 31.0 Å². The van der Waals surface area contributed by atoms with Crippen LogP contribution >= 0.6 is 0 Å². The maximum Gasteiger partial charge on any atom is 0.157 e. The Kier molecular flexibility index (Phi) is 3.29. The molecule has 1 N–H and O–H groups in total. The van der Waals surface area contributed by atoms with Gasteiger partial charge in [0.05, 0.1) is 5.69 Å². The van der Waals surface area contributed by atoms with Crippen LogP contribution < -0.4 is 5.32 Å². The first-order valence-electron chi connectivity index (χ1n) is 6.79. The molecule has 1 aromatic heterocycles. The monoisotopic (exact) mass is 257 g/mol. The third-order valence-corrected chi connectivity index (χ3v) is 3.75. The fourth-order valence-electron chi connectivity index (χ4n) is 2.71. The van der Waals surface area contributed by atoms with Crippen LogP contribution in [0.25, 0.3) is 5.69 Å². The first kappa shape index (κ1) is 12.3. The van der Waals surface area contributed by atoms with Gasteiger partial charge < -0.3 is 5.32 Å². The van der Waals surface area contributed by atoms with Crippen molar-refractivity contribution in [3.63, 3.8) is 0 Å². The van der Waals surface area contributed by atoms with Gasteiger partial charge in [-0.25, -0.2) is 0 Å². The minimum atomic E-state index is 0.649. The van der Waals surface area contributed by atoms with E-state index in [1.165, 1.54) is 17.5 Å². The summed E-state index contributed by atoms with van der Waals surface area (Å²) in [6.45, 7) is 6.38. The average molecular weight is 257 g/mol. The van der Waals surface area contributed by atoms with Gasteiger partial charge in [0.25, 0.3) is 0 Å². The van der Waals surface area contributed by atoms with E-state index in [2.05, 4.69) is 52.9 Å². The summed E-state index contributed by atoms with van der Waals surface area (Å²) in [5, 5.41) is 15.6. The molecule has 1 unspecified atom stereocenters. The molecule has 1 aromatic carbocycles. The Morgan fingerprint density at radius 2 is 2.26 bits per heavy atom. The van der Waals surface area contributed by atoms with E-state index in [9.17, 15) is 0 Å². The summed E-state index contributed by atoms with van der Waals surface area (Å²) in [5.74, 6) is 1.61. The molecule has 0 saturated carbocycles. The second-order valence-electron chi connectivity index (χ2n) is 5.36.